The number of carbonyl (C=O) groups is 2. The summed E-state index contributed by atoms with van der Waals surface area (Å²) in [5.41, 5.74) is 0.799. The Labute approximate surface area is 115 Å². The van der Waals surface area contributed by atoms with E-state index in [0.717, 1.165) is 5.56 Å². The van der Waals surface area contributed by atoms with Crippen LogP contribution in [0.4, 0.5) is 0 Å². The lowest BCUT2D eigenvalue weighted by molar-refractivity contribution is -0.115. The minimum absolute atomic E-state index is 0.0515. The molecule has 2 N–H and O–H groups in total. The van der Waals surface area contributed by atoms with Crippen LogP contribution in [0.15, 0.2) is 54.9 Å². The molecule has 5 heteroatoms. The number of aromatic nitrogens is 1. The highest BCUT2D eigenvalue weighted by molar-refractivity contribution is 6.10. The standard InChI is InChI=1S/C15H12N2O3/c18-13-6-2-1-5-12(13)15(20)17-14(19)8-7-11-4-3-9-16-10-11/h1-10,18H,(H,17,19,20)/b8-7+. The Hall–Kier alpha value is -2.95. The fourth-order valence-corrected chi connectivity index (χ4v) is 1.53. The molecule has 0 saturated carbocycles. The maximum Gasteiger partial charge on any atom is 0.261 e. The topological polar surface area (TPSA) is 79.3 Å². The zero-order valence-electron chi connectivity index (χ0n) is 10.5. The quantitative estimate of drug-likeness (QED) is 0.831. The van der Waals surface area contributed by atoms with Crippen LogP contribution in [0.1, 0.15) is 15.9 Å². The zero-order chi connectivity index (χ0) is 14.4. The van der Waals surface area contributed by atoms with Gasteiger partial charge < -0.3 is 5.11 Å². The lowest BCUT2D eigenvalue weighted by Crippen LogP contribution is -2.28. The summed E-state index contributed by atoms with van der Waals surface area (Å²) in [6.07, 6.45) is 5.99. The maximum atomic E-state index is 11.7. The van der Waals surface area contributed by atoms with Gasteiger partial charge >= 0.3 is 0 Å². The highest BCUT2D eigenvalue weighted by Crippen LogP contribution is 2.14. The highest BCUT2D eigenvalue weighted by atomic mass is 16.3. The van der Waals surface area contributed by atoms with Gasteiger partial charge in [-0.25, -0.2) is 0 Å². The van der Waals surface area contributed by atoms with Crippen molar-refractivity contribution in [3.63, 3.8) is 0 Å². The number of hydrogen-bond donors (Lipinski definition) is 2. The van der Waals surface area contributed by atoms with E-state index in [9.17, 15) is 14.7 Å². The Morgan fingerprint density at radius 1 is 1.15 bits per heavy atom. The van der Waals surface area contributed by atoms with Crippen molar-refractivity contribution in [3.8, 4) is 5.75 Å². The molecule has 0 atom stereocenters. The summed E-state index contributed by atoms with van der Waals surface area (Å²) in [6.45, 7) is 0. The number of phenolic OH excluding ortho intramolecular Hbond substituents is 1. The summed E-state index contributed by atoms with van der Waals surface area (Å²) in [4.78, 5) is 27.2. The maximum absolute atomic E-state index is 11.7. The van der Waals surface area contributed by atoms with E-state index in [2.05, 4.69) is 10.3 Å². The third-order valence-corrected chi connectivity index (χ3v) is 2.50. The monoisotopic (exact) mass is 268 g/mol. The number of hydrogen-bond acceptors (Lipinski definition) is 4. The van der Waals surface area contributed by atoms with Gasteiger partial charge in [-0.05, 0) is 29.8 Å². The molecule has 0 bridgehead atoms. The van der Waals surface area contributed by atoms with Gasteiger partial charge in [-0.2, -0.15) is 0 Å². The van der Waals surface area contributed by atoms with Crippen molar-refractivity contribution >= 4 is 17.9 Å². The van der Waals surface area contributed by atoms with Crippen LogP contribution in [0, 0.1) is 0 Å². The Kier molecular flexibility index (Phi) is 4.24. The SMILES string of the molecule is O=C(/C=C/c1cccnc1)NC(=O)c1ccccc1O. The van der Waals surface area contributed by atoms with Crippen molar-refractivity contribution in [2.45, 2.75) is 0 Å². The Morgan fingerprint density at radius 2 is 1.95 bits per heavy atom. The second-order valence-corrected chi connectivity index (χ2v) is 3.96. The first kappa shape index (κ1) is 13.5. The van der Waals surface area contributed by atoms with Crippen molar-refractivity contribution in [2.75, 3.05) is 0 Å². The minimum Gasteiger partial charge on any atom is -0.507 e. The number of nitrogens with zero attached hydrogens (tertiary/aromatic N) is 1. The molecule has 2 amide bonds. The molecular formula is C15H12N2O3. The first-order valence-corrected chi connectivity index (χ1v) is 5.88. The molecule has 0 fully saturated rings. The number of benzene rings is 1. The highest BCUT2D eigenvalue weighted by Gasteiger charge is 2.11. The third-order valence-electron chi connectivity index (χ3n) is 2.50. The number of carbonyl (C=O) groups excluding carboxylic acids is 2. The number of aromatic hydroxyl groups is 1. The van der Waals surface area contributed by atoms with E-state index in [0.29, 0.717) is 0 Å². The van der Waals surface area contributed by atoms with Crippen LogP contribution in [0.3, 0.4) is 0 Å². The largest absolute Gasteiger partial charge is 0.507 e. The van der Waals surface area contributed by atoms with Gasteiger partial charge in [-0.15, -0.1) is 0 Å². The van der Waals surface area contributed by atoms with Crippen LogP contribution in [0.5, 0.6) is 5.75 Å². The van der Waals surface area contributed by atoms with Gasteiger partial charge in [0.15, 0.2) is 0 Å². The normalized spacial score (nSPS) is 10.4. The van der Waals surface area contributed by atoms with Crippen LogP contribution < -0.4 is 5.32 Å². The van der Waals surface area contributed by atoms with Gasteiger partial charge in [0.05, 0.1) is 5.56 Å². The number of rotatable bonds is 3. The van der Waals surface area contributed by atoms with E-state index in [1.165, 1.54) is 18.2 Å². The molecule has 1 aromatic carbocycles. The van der Waals surface area contributed by atoms with Crippen LogP contribution in [-0.2, 0) is 4.79 Å². The van der Waals surface area contributed by atoms with E-state index in [1.807, 2.05) is 0 Å². The second kappa shape index (κ2) is 6.29. The zero-order valence-corrected chi connectivity index (χ0v) is 10.5. The van der Waals surface area contributed by atoms with Crippen LogP contribution in [0.2, 0.25) is 0 Å². The molecule has 0 aliphatic rings. The molecule has 2 rings (SSSR count). The molecule has 0 aliphatic heterocycles. The second-order valence-electron chi connectivity index (χ2n) is 3.96. The summed E-state index contributed by atoms with van der Waals surface area (Å²) in [5.74, 6) is -1.39. The number of imide groups is 1. The van der Waals surface area contributed by atoms with Crippen molar-refractivity contribution < 1.29 is 14.7 Å². The molecule has 0 saturated heterocycles. The number of amides is 2. The van der Waals surface area contributed by atoms with Crippen molar-refractivity contribution in [1.29, 1.82) is 0 Å². The van der Waals surface area contributed by atoms with Crippen molar-refractivity contribution in [3.05, 3.63) is 66.0 Å². The molecule has 5 nitrogen and oxygen atoms in total. The van der Waals surface area contributed by atoms with Gasteiger partial charge in [0.25, 0.3) is 11.8 Å². The number of phenols is 1. The summed E-state index contributed by atoms with van der Waals surface area (Å²) < 4.78 is 0. The summed E-state index contributed by atoms with van der Waals surface area (Å²) >= 11 is 0. The average molecular weight is 268 g/mol. The lowest BCUT2D eigenvalue weighted by atomic mass is 10.2. The van der Waals surface area contributed by atoms with Crippen molar-refractivity contribution in [1.82, 2.24) is 10.3 Å². The molecule has 2 aromatic rings. The molecule has 0 spiro atoms. The average Bonchev–Trinajstić information content (AvgIpc) is 2.46. The molecule has 0 unspecified atom stereocenters. The van der Waals surface area contributed by atoms with Crippen molar-refractivity contribution in [2.24, 2.45) is 0 Å². The van der Waals surface area contributed by atoms with Gasteiger partial charge in [0.2, 0.25) is 0 Å². The molecule has 0 aliphatic carbocycles. The van der Waals surface area contributed by atoms with Gasteiger partial charge in [0, 0.05) is 18.5 Å². The minimum atomic E-state index is -0.649. The van der Waals surface area contributed by atoms with Gasteiger partial charge in [-0.3, -0.25) is 19.9 Å². The van der Waals surface area contributed by atoms with E-state index in [4.69, 9.17) is 0 Å². The van der Waals surface area contributed by atoms with Crippen LogP contribution in [0.25, 0.3) is 6.08 Å². The summed E-state index contributed by atoms with van der Waals surface area (Å²) in [7, 11) is 0. The van der Waals surface area contributed by atoms with E-state index >= 15 is 0 Å². The molecule has 0 radical (unpaired) electrons. The lowest BCUT2D eigenvalue weighted by Gasteiger charge is -2.03. The Morgan fingerprint density at radius 3 is 2.65 bits per heavy atom. The summed E-state index contributed by atoms with van der Waals surface area (Å²) in [6, 6.07) is 9.53. The van der Waals surface area contributed by atoms with E-state index in [-0.39, 0.29) is 11.3 Å². The predicted octanol–water partition coefficient (Wildman–Crippen LogP) is 1.76. The first-order valence-electron chi connectivity index (χ1n) is 5.88. The molecule has 1 aromatic heterocycles. The van der Waals surface area contributed by atoms with Gasteiger partial charge in [-0.1, -0.05) is 18.2 Å². The van der Waals surface area contributed by atoms with Gasteiger partial charge in [0.1, 0.15) is 5.75 Å². The fourth-order valence-electron chi connectivity index (χ4n) is 1.53. The third kappa shape index (κ3) is 3.52. The molecule has 100 valence electrons. The number of para-hydroxylation sites is 1. The predicted molar refractivity (Wildman–Crippen MR) is 73.9 cm³/mol. The van der Waals surface area contributed by atoms with Crippen LogP contribution in [-0.4, -0.2) is 21.9 Å². The Balaban J connectivity index is 2.00. The van der Waals surface area contributed by atoms with E-state index in [1.54, 1.807) is 42.7 Å². The number of pyridine rings is 1. The van der Waals surface area contributed by atoms with E-state index < -0.39 is 11.8 Å². The first-order chi connectivity index (χ1) is 9.66. The smallest absolute Gasteiger partial charge is 0.261 e. The Bertz CT molecular complexity index is 651. The number of nitrogens with one attached hydrogen (secondary N) is 1. The molecule has 1 heterocycles. The van der Waals surface area contributed by atoms with Crippen LogP contribution >= 0.6 is 0 Å². The summed E-state index contributed by atoms with van der Waals surface area (Å²) in [5, 5.41) is 11.7. The molecular weight excluding hydrogens is 256 g/mol. The fraction of sp³-hybridized carbons (Fsp3) is 0. The molecule has 20 heavy (non-hydrogen) atoms.